The fourth-order valence-electron chi connectivity index (χ4n) is 1.19. The van der Waals surface area contributed by atoms with Crippen molar-refractivity contribution in [3.8, 4) is 0 Å². The third-order valence-corrected chi connectivity index (χ3v) is 3.20. The molecule has 0 amide bonds. The van der Waals surface area contributed by atoms with Crippen LogP contribution < -0.4 is 0 Å². The number of methoxy groups -OCH3 is 2. The van der Waals surface area contributed by atoms with E-state index in [1.54, 1.807) is 24.3 Å². The molecule has 0 radical (unpaired) electrons. The van der Waals surface area contributed by atoms with E-state index in [1.165, 1.54) is 14.2 Å². The maximum atomic E-state index is 11.6. The minimum absolute atomic E-state index is 0.0450. The van der Waals surface area contributed by atoms with E-state index in [0.717, 1.165) is 17.8 Å². The summed E-state index contributed by atoms with van der Waals surface area (Å²) < 4.78 is 9.04. The molecule has 0 bridgehead atoms. The van der Waals surface area contributed by atoms with E-state index in [2.05, 4.69) is 9.47 Å². The highest BCUT2D eigenvalue weighted by Gasteiger charge is 2.15. The molecule has 0 unspecified atom stereocenters. The predicted octanol–water partition coefficient (Wildman–Crippen LogP) is 1.82. The van der Waals surface area contributed by atoms with Crippen molar-refractivity contribution in [2.24, 2.45) is 0 Å². The van der Waals surface area contributed by atoms with Gasteiger partial charge in [0.05, 0.1) is 14.2 Å². The molecule has 1 aromatic carbocycles. The smallest absolute Gasteiger partial charge is 0.344 e. The van der Waals surface area contributed by atoms with E-state index in [9.17, 15) is 14.4 Å². The quantitative estimate of drug-likeness (QED) is 0.354. The summed E-state index contributed by atoms with van der Waals surface area (Å²) in [6.07, 6.45) is 1.70. The third kappa shape index (κ3) is 4.26. The molecule has 0 aliphatic heterocycles. The SMILES string of the molecule is COC(=O)C=C(Sc1ccccc1C=O)C(=O)OC. The molecule has 100 valence electrons. The van der Waals surface area contributed by atoms with E-state index < -0.39 is 11.9 Å². The van der Waals surface area contributed by atoms with Gasteiger partial charge in [0.15, 0.2) is 6.29 Å². The second-order valence-corrected chi connectivity index (χ2v) is 4.36. The number of hydrogen-bond donors (Lipinski definition) is 0. The number of carbonyl (C=O) groups is 3. The van der Waals surface area contributed by atoms with Gasteiger partial charge >= 0.3 is 11.9 Å². The summed E-state index contributed by atoms with van der Waals surface area (Å²) in [5.41, 5.74) is 0.423. The third-order valence-electron chi connectivity index (χ3n) is 2.10. The monoisotopic (exact) mass is 280 g/mol. The van der Waals surface area contributed by atoms with Crippen molar-refractivity contribution in [3.63, 3.8) is 0 Å². The Balaban J connectivity index is 3.07. The van der Waals surface area contributed by atoms with Gasteiger partial charge in [0.25, 0.3) is 0 Å². The summed E-state index contributed by atoms with van der Waals surface area (Å²) in [6.45, 7) is 0. The summed E-state index contributed by atoms with van der Waals surface area (Å²) >= 11 is 0.971. The Morgan fingerprint density at radius 2 is 1.84 bits per heavy atom. The van der Waals surface area contributed by atoms with Crippen LogP contribution in [0.1, 0.15) is 10.4 Å². The molecule has 0 heterocycles. The van der Waals surface area contributed by atoms with E-state index in [-0.39, 0.29) is 4.91 Å². The highest BCUT2D eigenvalue weighted by atomic mass is 32.2. The first-order chi connectivity index (χ1) is 9.12. The molecular formula is C13H12O5S. The van der Waals surface area contributed by atoms with Gasteiger partial charge in [-0.2, -0.15) is 0 Å². The van der Waals surface area contributed by atoms with E-state index in [4.69, 9.17) is 0 Å². The molecule has 1 aromatic rings. The van der Waals surface area contributed by atoms with Crippen molar-refractivity contribution in [1.29, 1.82) is 0 Å². The van der Waals surface area contributed by atoms with Crippen molar-refractivity contribution in [1.82, 2.24) is 0 Å². The van der Waals surface area contributed by atoms with Gasteiger partial charge < -0.3 is 9.47 Å². The second-order valence-electron chi connectivity index (χ2n) is 3.28. The zero-order chi connectivity index (χ0) is 14.3. The second kappa shape index (κ2) is 7.38. The highest BCUT2D eigenvalue weighted by molar-refractivity contribution is 8.04. The fraction of sp³-hybridized carbons (Fsp3) is 0.154. The number of hydrogen-bond acceptors (Lipinski definition) is 6. The zero-order valence-electron chi connectivity index (χ0n) is 10.4. The standard InChI is InChI=1S/C13H12O5S/c1-17-12(15)7-11(13(16)18-2)19-10-6-4-3-5-9(10)8-14/h3-8H,1-2H3. The van der Waals surface area contributed by atoms with Gasteiger partial charge in [-0.25, -0.2) is 9.59 Å². The Kier molecular flexibility index (Phi) is 5.81. The number of ether oxygens (including phenoxy) is 2. The first-order valence-electron chi connectivity index (χ1n) is 5.22. The van der Waals surface area contributed by atoms with Crippen molar-refractivity contribution in [2.45, 2.75) is 4.90 Å². The number of carbonyl (C=O) groups excluding carboxylic acids is 3. The Labute approximate surface area is 114 Å². The molecule has 5 nitrogen and oxygen atoms in total. The molecule has 1 rings (SSSR count). The topological polar surface area (TPSA) is 69.7 Å². The summed E-state index contributed by atoms with van der Waals surface area (Å²) in [5.74, 6) is -1.34. The van der Waals surface area contributed by atoms with Gasteiger partial charge in [0.2, 0.25) is 0 Å². The van der Waals surface area contributed by atoms with Gasteiger partial charge in [0.1, 0.15) is 4.91 Å². The Hall–Kier alpha value is -2.08. The first kappa shape index (κ1) is 15.0. The van der Waals surface area contributed by atoms with Crippen LogP contribution >= 0.6 is 11.8 Å². The largest absolute Gasteiger partial charge is 0.466 e. The van der Waals surface area contributed by atoms with Crippen LogP contribution in [0.2, 0.25) is 0 Å². The summed E-state index contributed by atoms with van der Waals surface area (Å²) in [6, 6.07) is 6.71. The number of benzene rings is 1. The molecule has 0 aromatic heterocycles. The molecule has 0 aliphatic rings. The molecular weight excluding hydrogens is 268 g/mol. The van der Waals surface area contributed by atoms with Crippen molar-refractivity contribution in [2.75, 3.05) is 14.2 Å². The molecule has 19 heavy (non-hydrogen) atoms. The number of rotatable bonds is 5. The van der Waals surface area contributed by atoms with Gasteiger partial charge in [0, 0.05) is 16.5 Å². The molecule has 0 saturated heterocycles. The molecule has 0 fully saturated rings. The normalized spacial score (nSPS) is 10.7. The van der Waals surface area contributed by atoms with Gasteiger partial charge in [-0.1, -0.05) is 30.0 Å². The molecule has 0 N–H and O–H groups in total. The maximum absolute atomic E-state index is 11.6. The number of aldehydes is 1. The first-order valence-corrected chi connectivity index (χ1v) is 6.04. The Morgan fingerprint density at radius 1 is 1.16 bits per heavy atom. The minimum atomic E-state index is -0.670. The lowest BCUT2D eigenvalue weighted by Crippen LogP contribution is -2.06. The maximum Gasteiger partial charge on any atom is 0.344 e. The average Bonchev–Trinajstić information content (AvgIpc) is 2.45. The van der Waals surface area contributed by atoms with Gasteiger partial charge in [-0.15, -0.1) is 0 Å². The van der Waals surface area contributed by atoms with Crippen LogP contribution in [-0.2, 0) is 19.1 Å². The van der Waals surface area contributed by atoms with E-state index in [1.807, 2.05) is 0 Å². The lowest BCUT2D eigenvalue weighted by atomic mass is 10.2. The van der Waals surface area contributed by atoms with Crippen LogP contribution in [0.4, 0.5) is 0 Å². The van der Waals surface area contributed by atoms with Crippen LogP contribution in [0, 0.1) is 0 Å². The van der Waals surface area contributed by atoms with Crippen molar-refractivity contribution >= 4 is 30.0 Å². The molecule has 0 aliphatic carbocycles. The fourth-order valence-corrected chi connectivity index (χ4v) is 2.13. The summed E-state index contributed by atoms with van der Waals surface area (Å²) in [4.78, 5) is 34.2. The van der Waals surface area contributed by atoms with Crippen LogP contribution in [0.25, 0.3) is 0 Å². The summed E-state index contributed by atoms with van der Waals surface area (Å²) in [5, 5.41) is 0. The predicted molar refractivity (Wildman–Crippen MR) is 69.8 cm³/mol. The molecule has 6 heteroatoms. The highest BCUT2D eigenvalue weighted by Crippen LogP contribution is 2.29. The molecule has 0 spiro atoms. The lowest BCUT2D eigenvalue weighted by molar-refractivity contribution is -0.137. The minimum Gasteiger partial charge on any atom is -0.466 e. The molecule has 0 saturated carbocycles. The van der Waals surface area contributed by atoms with Crippen LogP contribution in [0.5, 0.6) is 0 Å². The Bertz CT molecular complexity index is 522. The van der Waals surface area contributed by atoms with Crippen LogP contribution in [-0.4, -0.2) is 32.4 Å². The summed E-state index contributed by atoms with van der Waals surface area (Å²) in [7, 11) is 2.41. The molecule has 0 atom stereocenters. The van der Waals surface area contributed by atoms with Gasteiger partial charge in [-0.3, -0.25) is 4.79 Å². The van der Waals surface area contributed by atoms with E-state index in [0.29, 0.717) is 16.7 Å². The van der Waals surface area contributed by atoms with Crippen molar-refractivity contribution in [3.05, 3.63) is 40.8 Å². The number of esters is 2. The lowest BCUT2D eigenvalue weighted by Gasteiger charge is -2.06. The average molecular weight is 280 g/mol. The van der Waals surface area contributed by atoms with Crippen LogP contribution in [0.3, 0.4) is 0 Å². The van der Waals surface area contributed by atoms with Gasteiger partial charge in [-0.05, 0) is 6.07 Å². The van der Waals surface area contributed by atoms with E-state index >= 15 is 0 Å². The van der Waals surface area contributed by atoms with Crippen molar-refractivity contribution < 1.29 is 23.9 Å². The zero-order valence-corrected chi connectivity index (χ0v) is 11.2. The number of thioether (sulfide) groups is 1. The van der Waals surface area contributed by atoms with Crippen LogP contribution in [0.15, 0.2) is 40.1 Å². The Morgan fingerprint density at radius 3 is 2.42 bits per heavy atom.